The standard InChI is InChI=1S/C32H63NO5/c1-3-5-7-9-11-12-13-14-15-16-17-18-20-22-24-26-30(36)32(38)33-28(27-34)31(37)29(35)25-23-21-19-10-8-6-4-2/h10,19,28-31,34-37H,3-9,11-18,20-27H2,1-2H3,(H,33,38)/b19-10+. The van der Waals surface area contributed by atoms with Crippen molar-refractivity contribution in [3.8, 4) is 0 Å². The molecule has 6 heteroatoms. The number of allylic oxidation sites excluding steroid dienone is 2. The Morgan fingerprint density at radius 2 is 1.08 bits per heavy atom. The van der Waals surface area contributed by atoms with Crippen LogP contribution < -0.4 is 5.32 Å². The average molecular weight is 542 g/mol. The molecule has 0 aliphatic rings. The molecule has 0 radical (unpaired) electrons. The third kappa shape index (κ3) is 21.9. The topological polar surface area (TPSA) is 110 Å². The van der Waals surface area contributed by atoms with E-state index in [-0.39, 0.29) is 0 Å². The van der Waals surface area contributed by atoms with Gasteiger partial charge in [0.1, 0.15) is 12.2 Å². The van der Waals surface area contributed by atoms with Gasteiger partial charge in [-0.25, -0.2) is 0 Å². The minimum atomic E-state index is -1.27. The maximum absolute atomic E-state index is 12.3. The molecule has 0 heterocycles. The Morgan fingerprint density at radius 1 is 0.632 bits per heavy atom. The summed E-state index contributed by atoms with van der Waals surface area (Å²) in [4.78, 5) is 12.3. The Balaban J connectivity index is 3.83. The lowest BCUT2D eigenvalue weighted by atomic mass is 10.00. The Morgan fingerprint density at radius 3 is 1.55 bits per heavy atom. The third-order valence-electron chi connectivity index (χ3n) is 7.48. The first-order chi connectivity index (χ1) is 18.5. The molecule has 0 saturated heterocycles. The van der Waals surface area contributed by atoms with E-state index in [1.54, 1.807) is 0 Å². The van der Waals surface area contributed by atoms with Crippen LogP contribution in [0.1, 0.15) is 155 Å². The molecule has 0 aromatic rings. The van der Waals surface area contributed by atoms with Gasteiger partial charge in [0.25, 0.3) is 0 Å². The van der Waals surface area contributed by atoms with Crippen molar-refractivity contribution < 1.29 is 25.2 Å². The summed E-state index contributed by atoms with van der Waals surface area (Å²) < 4.78 is 0. The van der Waals surface area contributed by atoms with Crippen molar-refractivity contribution in [1.29, 1.82) is 0 Å². The van der Waals surface area contributed by atoms with Crippen molar-refractivity contribution in [3.05, 3.63) is 12.2 Å². The van der Waals surface area contributed by atoms with Gasteiger partial charge in [-0.2, -0.15) is 0 Å². The van der Waals surface area contributed by atoms with Gasteiger partial charge in [-0.05, 0) is 32.1 Å². The summed E-state index contributed by atoms with van der Waals surface area (Å²) in [6.07, 6.45) is 25.4. The minimum absolute atomic E-state index is 0.366. The molecule has 0 aromatic carbocycles. The molecule has 4 unspecified atom stereocenters. The molecule has 0 fully saturated rings. The maximum Gasteiger partial charge on any atom is 0.249 e. The highest BCUT2D eigenvalue weighted by molar-refractivity contribution is 5.80. The number of aliphatic hydroxyl groups is 4. The first-order valence-electron chi connectivity index (χ1n) is 16.1. The van der Waals surface area contributed by atoms with Gasteiger partial charge in [0.05, 0.1) is 18.8 Å². The summed E-state index contributed by atoms with van der Waals surface area (Å²) in [7, 11) is 0. The fraction of sp³-hybridized carbons (Fsp3) is 0.906. The van der Waals surface area contributed by atoms with Crippen LogP contribution in [0.3, 0.4) is 0 Å². The summed E-state index contributed by atoms with van der Waals surface area (Å²) in [6.45, 7) is 3.92. The molecule has 5 N–H and O–H groups in total. The van der Waals surface area contributed by atoms with Gasteiger partial charge in [-0.3, -0.25) is 4.79 Å². The molecular weight excluding hydrogens is 478 g/mol. The van der Waals surface area contributed by atoms with Crippen LogP contribution in [0.15, 0.2) is 12.2 Å². The molecular formula is C32H63NO5. The predicted molar refractivity (Wildman–Crippen MR) is 159 cm³/mol. The molecule has 0 bridgehead atoms. The first-order valence-corrected chi connectivity index (χ1v) is 16.1. The van der Waals surface area contributed by atoms with Gasteiger partial charge in [0, 0.05) is 0 Å². The molecule has 0 aromatic heterocycles. The van der Waals surface area contributed by atoms with Crippen molar-refractivity contribution >= 4 is 5.91 Å². The van der Waals surface area contributed by atoms with Gasteiger partial charge in [-0.1, -0.05) is 135 Å². The number of amides is 1. The molecule has 0 rings (SSSR count). The lowest BCUT2D eigenvalue weighted by Gasteiger charge is -2.27. The zero-order chi connectivity index (χ0) is 28.3. The minimum Gasteiger partial charge on any atom is -0.394 e. The van der Waals surface area contributed by atoms with E-state index in [2.05, 4.69) is 31.3 Å². The second-order valence-corrected chi connectivity index (χ2v) is 11.2. The van der Waals surface area contributed by atoms with Crippen LogP contribution >= 0.6 is 0 Å². The number of hydrogen-bond acceptors (Lipinski definition) is 5. The Kier molecular flexibility index (Phi) is 26.9. The molecule has 226 valence electrons. The molecule has 38 heavy (non-hydrogen) atoms. The average Bonchev–Trinajstić information content (AvgIpc) is 2.92. The zero-order valence-electron chi connectivity index (χ0n) is 24.9. The van der Waals surface area contributed by atoms with E-state index in [0.29, 0.717) is 12.8 Å². The van der Waals surface area contributed by atoms with Crippen LogP contribution in [0.25, 0.3) is 0 Å². The molecule has 0 aliphatic carbocycles. The number of nitrogens with one attached hydrogen (secondary N) is 1. The highest BCUT2D eigenvalue weighted by Crippen LogP contribution is 2.15. The van der Waals surface area contributed by atoms with Crippen LogP contribution in [-0.2, 0) is 4.79 Å². The third-order valence-corrected chi connectivity index (χ3v) is 7.48. The quantitative estimate of drug-likeness (QED) is 0.0557. The summed E-state index contributed by atoms with van der Waals surface area (Å²) >= 11 is 0. The highest BCUT2D eigenvalue weighted by atomic mass is 16.3. The van der Waals surface area contributed by atoms with E-state index in [1.807, 2.05) is 0 Å². The number of aliphatic hydroxyl groups excluding tert-OH is 4. The van der Waals surface area contributed by atoms with Crippen LogP contribution in [0.2, 0.25) is 0 Å². The predicted octanol–water partition coefficient (Wildman–Crippen LogP) is 6.72. The van der Waals surface area contributed by atoms with Gasteiger partial charge in [0.15, 0.2) is 0 Å². The number of hydrogen-bond donors (Lipinski definition) is 5. The Bertz CT molecular complexity index is 542. The second-order valence-electron chi connectivity index (χ2n) is 11.2. The lowest BCUT2D eigenvalue weighted by molar-refractivity contribution is -0.132. The van der Waals surface area contributed by atoms with Crippen molar-refractivity contribution in [2.45, 2.75) is 179 Å². The van der Waals surface area contributed by atoms with Crippen LogP contribution in [-0.4, -0.2) is 57.3 Å². The second kappa shape index (κ2) is 27.6. The van der Waals surface area contributed by atoms with E-state index in [9.17, 15) is 25.2 Å². The Labute approximate surface area is 234 Å². The van der Waals surface area contributed by atoms with Gasteiger partial charge >= 0.3 is 0 Å². The molecule has 1 amide bonds. The largest absolute Gasteiger partial charge is 0.394 e. The van der Waals surface area contributed by atoms with Crippen molar-refractivity contribution in [2.24, 2.45) is 0 Å². The fourth-order valence-corrected chi connectivity index (χ4v) is 4.80. The molecule has 0 aliphatic heterocycles. The van der Waals surface area contributed by atoms with Crippen LogP contribution in [0.5, 0.6) is 0 Å². The number of carbonyl (C=O) groups excluding carboxylic acids is 1. The maximum atomic E-state index is 12.3. The van der Waals surface area contributed by atoms with Crippen molar-refractivity contribution in [2.75, 3.05) is 6.61 Å². The number of rotatable bonds is 28. The summed E-state index contributed by atoms with van der Waals surface area (Å²) in [6, 6.07) is -0.992. The number of carbonyl (C=O) groups is 1. The van der Waals surface area contributed by atoms with Crippen molar-refractivity contribution in [1.82, 2.24) is 5.32 Å². The lowest BCUT2D eigenvalue weighted by Crippen LogP contribution is -2.53. The normalized spacial score (nSPS) is 15.0. The van der Waals surface area contributed by atoms with Gasteiger partial charge in [0.2, 0.25) is 5.91 Å². The van der Waals surface area contributed by atoms with E-state index < -0.39 is 36.9 Å². The van der Waals surface area contributed by atoms with Crippen molar-refractivity contribution in [3.63, 3.8) is 0 Å². The van der Waals surface area contributed by atoms with Crippen LogP contribution in [0, 0.1) is 0 Å². The Hall–Kier alpha value is -0.950. The summed E-state index contributed by atoms with van der Waals surface area (Å²) in [5.74, 6) is -0.598. The summed E-state index contributed by atoms with van der Waals surface area (Å²) in [5, 5.41) is 43.0. The van der Waals surface area contributed by atoms with Crippen LogP contribution in [0.4, 0.5) is 0 Å². The van der Waals surface area contributed by atoms with Gasteiger partial charge in [-0.15, -0.1) is 0 Å². The highest BCUT2D eigenvalue weighted by Gasteiger charge is 2.28. The van der Waals surface area contributed by atoms with E-state index >= 15 is 0 Å². The SMILES string of the molecule is CCCC/C=C/CCCC(O)C(O)C(CO)NC(=O)C(O)CCCCCCCCCCCCCCCCC. The monoisotopic (exact) mass is 541 g/mol. The zero-order valence-corrected chi connectivity index (χ0v) is 24.9. The molecule has 6 nitrogen and oxygen atoms in total. The fourth-order valence-electron chi connectivity index (χ4n) is 4.80. The molecule has 0 saturated carbocycles. The number of unbranched alkanes of at least 4 members (excludes halogenated alkanes) is 17. The van der Waals surface area contributed by atoms with Gasteiger partial charge < -0.3 is 25.7 Å². The van der Waals surface area contributed by atoms with E-state index in [1.165, 1.54) is 83.5 Å². The smallest absolute Gasteiger partial charge is 0.249 e. The summed E-state index contributed by atoms with van der Waals surface area (Å²) in [5.41, 5.74) is 0. The first kappa shape index (κ1) is 37.0. The molecule has 4 atom stereocenters. The molecule has 0 spiro atoms. The van der Waals surface area contributed by atoms with E-state index in [0.717, 1.165) is 44.9 Å². The van der Waals surface area contributed by atoms with E-state index in [4.69, 9.17) is 0 Å².